The molecule has 0 fully saturated rings. The summed E-state index contributed by atoms with van der Waals surface area (Å²) in [6, 6.07) is 13.4. The van der Waals surface area contributed by atoms with Gasteiger partial charge in [-0.2, -0.15) is 0 Å². The second kappa shape index (κ2) is 10.3. The van der Waals surface area contributed by atoms with Crippen LogP contribution in [-0.2, 0) is 26.0 Å². The molecular weight excluding hydrogens is 428 g/mol. The summed E-state index contributed by atoms with van der Waals surface area (Å²) in [6.07, 6.45) is 3.54. The molecule has 0 saturated heterocycles. The Morgan fingerprint density at radius 1 is 1.16 bits per heavy atom. The molecule has 2 aromatic carbocycles. The number of carbonyl (C=O) groups excluding carboxylic acids is 2. The number of nitrogens with zero attached hydrogens (tertiary/aromatic N) is 1. The number of likely N-dealkylation sites (N-methyl/N-ethyl adjacent to an activating group) is 1. The van der Waals surface area contributed by atoms with Gasteiger partial charge in [-0.15, -0.1) is 0 Å². The number of nitrogens with one attached hydrogen (secondary N) is 1. The van der Waals surface area contributed by atoms with Gasteiger partial charge in [-0.25, -0.2) is 17.9 Å². The lowest BCUT2D eigenvalue weighted by Crippen LogP contribution is -2.36. The molecule has 172 valence electrons. The molecule has 0 saturated carbocycles. The standard InChI is InChI=1S/C24H30N2O5S/c1-4-17(2)25-32(29,30)20-14-12-19(13-15-20)24(28)31-16-23(27)26(3)22-11-7-9-18-8-5-6-10-21(18)22/h5-6,8,10,12-15,17,22,25H,4,7,9,11,16H2,1-3H3. The van der Waals surface area contributed by atoms with Crippen molar-refractivity contribution < 1.29 is 22.7 Å². The molecule has 0 aliphatic heterocycles. The Morgan fingerprint density at radius 2 is 1.84 bits per heavy atom. The number of amides is 1. The average molecular weight is 459 g/mol. The Morgan fingerprint density at radius 3 is 2.53 bits per heavy atom. The van der Waals surface area contributed by atoms with Crippen LogP contribution in [0.3, 0.4) is 0 Å². The number of fused-ring (bicyclic) bond motifs is 1. The number of rotatable bonds is 8. The molecule has 1 amide bonds. The first kappa shape index (κ1) is 23.9. The Balaban J connectivity index is 1.59. The summed E-state index contributed by atoms with van der Waals surface area (Å²) in [4.78, 5) is 26.7. The van der Waals surface area contributed by atoms with Gasteiger partial charge in [0.25, 0.3) is 5.91 Å². The Labute approximate surface area is 189 Å². The van der Waals surface area contributed by atoms with Crippen molar-refractivity contribution in [1.82, 2.24) is 9.62 Å². The highest BCUT2D eigenvalue weighted by Gasteiger charge is 2.27. The van der Waals surface area contributed by atoms with Gasteiger partial charge in [-0.1, -0.05) is 31.2 Å². The number of carbonyl (C=O) groups is 2. The third-order valence-electron chi connectivity index (χ3n) is 5.89. The largest absolute Gasteiger partial charge is 0.452 e. The van der Waals surface area contributed by atoms with Crippen LogP contribution in [0.4, 0.5) is 0 Å². The maximum absolute atomic E-state index is 12.7. The van der Waals surface area contributed by atoms with Crippen molar-refractivity contribution in [3.63, 3.8) is 0 Å². The number of aryl methyl sites for hydroxylation is 1. The Kier molecular flexibility index (Phi) is 7.69. The van der Waals surface area contributed by atoms with Crippen LogP contribution in [0.1, 0.15) is 60.6 Å². The number of ether oxygens (including phenoxy) is 1. The maximum atomic E-state index is 12.7. The van der Waals surface area contributed by atoms with Crippen molar-refractivity contribution in [3.8, 4) is 0 Å². The van der Waals surface area contributed by atoms with Crippen molar-refractivity contribution in [2.45, 2.75) is 56.5 Å². The zero-order valence-corrected chi connectivity index (χ0v) is 19.5. The summed E-state index contributed by atoms with van der Waals surface area (Å²) < 4.78 is 32.4. The first-order valence-corrected chi connectivity index (χ1v) is 12.3. The van der Waals surface area contributed by atoms with E-state index in [-0.39, 0.29) is 35.1 Å². The minimum Gasteiger partial charge on any atom is -0.452 e. The quantitative estimate of drug-likeness (QED) is 0.612. The molecule has 1 N–H and O–H groups in total. The summed E-state index contributed by atoms with van der Waals surface area (Å²) in [6.45, 7) is 3.30. The fourth-order valence-corrected chi connectivity index (χ4v) is 5.13. The maximum Gasteiger partial charge on any atom is 0.338 e. The van der Waals surface area contributed by atoms with Crippen molar-refractivity contribution >= 4 is 21.9 Å². The lowest BCUT2D eigenvalue weighted by Gasteiger charge is -2.33. The van der Waals surface area contributed by atoms with Crippen molar-refractivity contribution in [2.24, 2.45) is 0 Å². The number of esters is 1. The fraction of sp³-hybridized carbons (Fsp3) is 0.417. The van der Waals surface area contributed by atoms with Crippen molar-refractivity contribution in [2.75, 3.05) is 13.7 Å². The highest BCUT2D eigenvalue weighted by Crippen LogP contribution is 2.33. The summed E-state index contributed by atoms with van der Waals surface area (Å²) in [5.74, 6) is -0.952. The molecule has 32 heavy (non-hydrogen) atoms. The predicted octanol–water partition coefficient (Wildman–Crippen LogP) is 3.46. The van der Waals surface area contributed by atoms with Crippen LogP contribution >= 0.6 is 0 Å². The van der Waals surface area contributed by atoms with Crippen LogP contribution in [0.15, 0.2) is 53.4 Å². The van der Waals surface area contributed by atoms with E-state index in [2.05, 4.69) is 10.8 Å². The molecule has 1 aliphatic rings. The van der Waals surface area contributed by atoms with Crippen LogP contribution < -0.4 is 4.72 Å². The summed E-state index contributed by atoms with van der Waals surface area (Å²) in [7, 11) is -1.92. The van der Waals surface area contributed by atoms with Gasteiger partial charge < -0.3 is 9.64 Å². The Hall–Kier alpha value is -2.71. The molecule has 2 unspecified atom stereocenters. The van der Waals surface area contributed by atoms with Gasteiger partial charge >= 0.3 is 5.97 Å². The van der Waals surface area contributed by atoms with Gasteiger partial charge in [0.2, 0.25) is 10.0 Å². The molecule has 0 aromatic heterocycles. The minimum atomic E-state index is -3.65. The third-order valence-corrected chi connectivity index (χ3v) is 7.50. The number of benzene rings is 2. The van der Waals surface area contributed by atoms with E-state index in [1.54, 1.807) is 18.9 Å². The van der Waals surface area contributed by atoms with E-state index in [9.17, 15) is 18.0 Å². The summed E-state index contributed by atoms with van der Waals surface area (Å²) >= 11 is 0. The van der Waals surface area contributed by atoms with Crippen LogP contribution in [0, 0.1) is 0 Å². The highest BCUT2D eigenvalue weighted by molar-refractivity contribution is 7.89. The number of hydrogen-bond donors (Lipinski definition) is 1. The number of hydrogen-bond acceptors (Lipinski definition) is 5. The van der Waals surface area contributed by atoms with E-state index in [0.717, 1.165) is 24.8 Å². The average Bonchev–Trinajstić information content (AvgIpc) is 2.81. The van der Waals surface area contributed by atoms with E-state index in [0.29, 0.717) is 6.42 Å². The second-order valence-corrected chi connectivity index (χ2v) is 9.86. The normalized spacial score (nSPS) is 16.7. The molecule has 2 aromatic rings. The SMILES string of the molecule is CCC(C)NS(=O)(=O)c1ccc(C(=O)OCC(=O)N(C)C2CCCc3ccccc32)cc1. The molecule has 0 spiro atoms. The van der Waals surface area contributed by atoms with Crippen LogP contribution in [0.5, 0.6) is 0 Å². The van der Waals surface area contributed by atoms with E-state index in [4.69, 9.17) is 4.74 Å². The monoisotopic (exact) mass is 458 g/mol. The van der Waals surface area contributed by atoms with Crippen molar-refractivity contribution in [1.29, 1.82) is 0 Å². The molecular formula is C24H30N2O5S. The van der Waals surface area contributed by atoms with Gasteiger partial charge in [0.05, 0.1) is 16.5 Å². The lowest BCUT2D eigenvalue weighted by atomic mass is 9.87. The summed E-state index contributed by atoms with van der Waals surface area (Å²) in [5.41, 5.74) is 2.58. The minimum absolute atomic E-state index is 0.0337. The van der Waals surface area contributed by atoms with Crippen LogP contribution in [0.2, 0.25) is 0 Å². The van der Waals surface area contributed by atoms with E-state index in [1.807, 2.05) is 25.1 Å². The first-order chi connectivity index (χ1) is 15.2. The molecule has 0 heterocycles. The van der Waals surface area contributed by atoms with Crippen LogP contribution in [-0.4, -0.2) is 44.9 Å². The predicted molar refractivity (Wildman–Crippen MR) is 122 cm³/mol. The van der Waals surface area contributed by atoms with Gasteiger partial charge in [-0.05, 0) is 68.0 Å². The van der Waals surface area contributed by atoms with E-state index >= 15 is 0 Å². The first-order valence-electron chi connectivity index (χ1n) is 10.9. The Bertz CT molecular complexity index is 1070. The summed E-state index contributed by atoms with van der Waals surface area (Å²) in [5, 5.41) is 0. The van der Waals surface area contributed by atoms with E-state index < -0.39 is 16.0 Å². The molecule has 1 aliphatic carbocycles. The van der Waals surface area contributed by atoms with Gasteiger partial charge in [0.15, 0.2) is 6.61 Å². The van der Waals surface area contributed by atoms with E-state index in [1.165, 1.54) is 29.8 Å². The zero-order chi connectivity index (χ0) is 23.3. The molecule has 0 radical (unpaired) electrons. The lowest BCUT2D eigenvalue weighted by molar-refractivity contribution is -0.135. The topological polar surface area (TPSA) is 92.8 Å². The molecule has 0 bridgehead atoms. The fourth-order valence-electron chi connectivity index (χ4n) is 3.80. The van der Waals surface area contributed by atoms with Gasteiger partial charge in [-0.3, -0.25) is 4.79 Å². The van der Waals surface area contributed by atoms with Gasteiger partial charge in [0, 0.05) is 13.1 Å². The smallest absolute Gasteiger partial charge is 0.338 e. The zero-order valence-electron chi connectivity index (χ0n) is 18.7. The third kappa shape index (κ3) is 5.55. The highest BCUT2D eigenvalue weighted by atomic mass is 32.2. The van der Waals surface area contributed by atoms with Gasteiger partial charge in [0.1, 0.15) is 0 Å². The van der Waals surface area contributed by atoms with Crippen molar-refractivity contribution in [3.05, 3.63) is 65.2 Å². The second-order valence-electron chi connectivity index (χ2n) is 8.14. The molecule has 2 atom stereocenters. The number of sulfonamides is 1. The molecule has 7 nitrogen and oxygen atoms in total. The van der Waals surface area contributed by atoms with Crippen LogP contribution in [0.25, 0.3) is 0 Å². The molecule has 8 heteroatoms. The molecule has 3 rings (SSSR count).